The fourth-order valence-corrected chi connectivity index (χ4v) is 3.67. The number of nitrogens with two attached hydrogens (primary N) is 1. The van der Waals surface area contributed by atoms with Crippen molar-refractivity contribution in [1.29, 1.82) is 0 Å². The van der Waals surface area contributed by atoms with Crippen LogP contribution in [0.5, 0.6) is 11.5 Å². The molecule has 3 N–H and O–H groups in total. The van der Waals surface area contributed by atoms with Gasteiger partial charge in [0.15, 0.2) is 11.5 Å². The largest absolute Gasteiger partial charge is 0.454 e. The monoisotopic (exact) mass is 379 g/mol. The highest BCUT2D eigenvalue weighted by Gasteiger charge is 2.22. The normalized spacial score (nSPS) is 13.5. The Hall–Kier alpha value is -3.05. The van der Waals surface area contributed by atoms with Gasteiger partial charge >= 0.3 is 0 Å². The van der Waals surface area contributed by atoms with Crippen LogP contribution in [0.25, 0.3) is 0 Å². The Morgan fingerprint density at radius 1 is 1.00 bits per heavy atom. The van der Waals surface area contributed by atoms with Gasteiger partial charge in [-0.3, -0.25) is 0 Å². The van der Waals surface area contributed by atoms with Crippen molar-refractivity contribution in [2.75, 3.05) is 19.1 Å². The number of aliphatic hydroxyl groups excluding tert-OH is 1. The van der Waals surface area contributed by atoms with E-state index in [-0.39, 0.29) is 25.1 Å². The number of nitrogen functional groups attached to an aromatic ring is 1. The molecule has 1 aliphatic rings. The van der Waals surface area contributed by atoms with Crippen molar-refractivity contribution in [2.24, 2.45) is 0 Å². The molecule has 1 atom stereocenters. The SMILES string of the molecule is Nc1c(CCO)cccc1C(Cc1ccc(F)cc1)c1ccc2c(c1)OCO2. The van der Waals surface area contributed by atoms with Gasteiger partial charge in [0.2, 0.25) is 6.79 Å². The lowest BCUT2D eigenvalue weighted by molar-refractivity contribution is 0.174. The van der Waals surface area contributed by atoms with Crippen LogP contribution in [0, 0.1) is 5.82 Å². The first-order chi connectivity index (χ1) is 13.7. The molecule has 0 radical (unpaired) electrons. The summed E-state index contributed by atoms with van der Waals surface area (Å²) in [4.78, 5) is 0. The molecule has 0 saturated carbocycles. The highest BCUT2D eigenvalue weighted by Crippen LogP contribution is 2.39. The molecule has 0 saturated heterocycles. The number of fused-ring (bicyclic) bond motifs is 1. The zero-order chi connectivity index (χ0) is 19.5. The molecule has 1 heterocycles. The van der Waals surface area contributed by atoms with Crippen molar-refractivity contribution in [3.8, 4) is 11.5 Å². The third kappa shape index (κ3) is 3.66. The van der Waals surface area contributed by atoms with E-state index in [2.05, 4.69) is 0 Å². The molecule has 0 spiro atoms. The molecule has 4 rings (SSSR count). The van der Waals surface area contributed by atoms with Crippen LogP contribution >= 0.6 is 0 Å². The molecule has 3 aromatic carbocycles. The van der Waals surface area contributed by atoms with Crippen LogP contribution in [0.2, 0.25) is 0 Å². The molecule has 144 valence electrons. The molecular weight excluding hydrogens is 357 g/mol. The summed E-state index contributed by atoms with van der Waals surface area (Å²) in [6, 6.07) is 18.3. The van der Waals surface area contributed by atoms with E-state index in [0.717, 1.165) is 28.0 Å². The van der Waals surface area contributed by atoms with Gasteiger partial charge in [0.25, 0.3) is 0 Å². The Kier molecular flexibility index (Phi) is 5.17. The van der Waals surface area contributed by atoms with E-state index in [4.69, 9.17) is 15.2 Å². The Morgan fingerprint density at radius 2 is 1.79 bits per heavy atom. The van der Waals surface area contributed by atoms with Crippen molar-refractivity contribution in [3.05, 3.63) is 88.7 Å². The highest BCUT2D eigenvalue weighted by atomic mass is 19.1. The van der Waals surface area contributed by atoms with E-state index in [1.807, 2.05) is 36.4 Å². The van der Waals surface area contributed by atoms with Gasteiger partial charge in [-0.25, -0.2) is 4.39 Å². The van der Waals surface area contributed by atoms with E-state index >= 15 is 0 Å². The first-order valence-electron chi connectivity index (χ1n) is 9.28. The van der Waals surface area contributed by atoms with Crippen LogP contribution in [0.3, 0.4) is 0 Å². The minimum absolute atomic E-state index is 0.0420. The van der Waals surface area contributed by atoms with Crippen LogP contribution in [-0.4, -0.2) is 18.5 Å². The molecule has 1 aliphatic heterocycles. The maximum Gasteiger partial charge on any atom is 0.231 e. The lowest BCUT2D eigenvalue weighted by Gasteiger charge is -2.22. The average molecular weight is 379 g/mol. The van der Waals surface area contributed by atoms with Crippen molar-refractivity contribution < 1.29 is 19.0 Å². The van der Waals surface area contributed by atoms with Gasteiger partial charge in [-0.2, -0.15) is 0 Å². The molecule has 0 aliphatic carbocycles. The zero-order valence-corrected chi connectivity index (χ0v) is 15.4. The quantitative estimate of drug-likeness (QED) is 0.635. The topological polar surface area (TPSA) is 64.7 Å². The summed E-state index contributed by atoms with van der Waals surface area (Å²) < 4.78 is 24.3. The maximum absolute atomic E-state index is 13.3. The molecule has 0 fully saturated rings. The van der Waals surface area contributed by atoms with Gasteiger partial charge < -0.3 is 20.3 Å². The molecule has 0 amide bonds. The Labute approximate surface area is 163 Å². The van der Waals surface area contributed by atoms with E-state index in [1.54, 1.807) is 12.1 Å². The summed E-state index contributed by atoms with van der Waals surface area (Å²) in [5, 5.41) is 9.34. The van der Waals surface area contributed by atoms with Crippen LogP contribution in [0.4, 0.5) is 10.1 Å². The molecule has 1 unspecified atom stereocenters. The molecular formula is C23H22FNO3. The summed E-state index contributed by atoms with van der Waals surface area (Å²) in [6.07, 6.45) is 1.16. The summed E-state index contributed by atoms with van der Waals surface area (Å²) in [7, 11) is 0. The smallest absolute Gasteiger partial charge is 0.231 e. The minimum atomic E-state index is -0.257. The zero-order valence-electron chi connectivity index (χ0n) is 15.4. The highest BCUT2D eigenvalue weighted by molar-refractivity contribution is 5.59. The number of hydrogen-bond acceptors (Lipinski definition) is 4. The number of para-hydroxylation sites is 1. The third-order valence-corrected chi connectivity index (χ3v) is 5.14. The van der Waals surface area contributed by atoms with E-state index < -0.39 is 0 Å². The predicted octanol–water partition coefficient (Wildman–Crippen LogP) is 4.05. The van der Waals surface area contributed by atoms with Crippen LogP contribution < -0.4 is 15.2 Å². The first kappa shape index (κ1) is 18.3. The van der Waals surface area contributed by atoms with E-state index in [0.29, 0.717) is 24.3 Å². The van der Waals surface area contributed by atoms with Gasteiger partial charge in [-0.1, -0.05) is 36.4 Å². The van der Waals surface area contributed by atoms with E-state index in [1.165, 1.54) is 12.1 Å². The molecule has 5 heteroatoms. The van der Waals surface area contributed by atoms with Gasteiger partial charge in [0, 0.05) is 18.2 Å². The van der Waals surface area contributed by atoms with Crippen LogP contribution in [0.15, 0.2) is 60.7 Å². The summed E-state index contributed by atoms with van der Waals surface area (Å²) in [6.45, 7) is 0.260. The summed E-state index contributed by atoms with van der Waals surface area (Å²) in [5.74, 6) is 1.14. The van der Waals surface area contributed by atoms with Crippen LogP contribution in [0.1, 0.15) is 28.2 Å². The molecule has 0 aromatic heterocycles. The molecule has 0 bridgehead atoms. The van der Waals surface area contributed by atoms with Crippen LogP contribution in [-0.2, 0) is 12.8 Å². The van der Waals surface area contributed by atoms with Gasteiger partial charge in [0.1, 0.15) is 5.82 Å². The second kappa shape index (κ2) is 7.90. The number of benzene rings is 3. The third-order valence-electron chi connectivity index (χ3n) is 5.14. The number of ether oxygens (including phenoxy) is 2. The Balaban J connectivity index is 1.77. The molecule has 3 aromatic rings. The van der Waals surface area contributed by atoms with Gasteiger partial charge in [-0.05, 0) is 59.4 Å². The minimum Gasteiger partial charge on any atom is -0.454 e. The number of anilines is 1. The molecule has 28 heavy (non-hydrogen) atoms. The fourth-order valence-electron chi connectivity index (χ4n) is 3.67. The van der Waals surface area contributed by atoms with E-state index in [9.17, 15) is 9.50 Å². The maximum atomic E-state index is 13.3. The lowest BCUT2D eigenvalue weighted by Crippen LogP contribution is -2.10. The summed E-state index contributed by atoms with van der Waals surface area (Å²) in [5.41, 5.74) is 11.1. The molecule has 4 nitrogen and oxygen atoms in total. The van der Waals surface area contributed by atoms with Crippen molar-refractivity contribution in [1.82, 2.24) is 0 Å². The van der Waals surface area contributed by atoms with Gasteiger partial charge in [0.05, 0.1) is 0 Å². The summed E-state index contributed by atoms with van der Waals surface area (Å²) >= 11 is 0. The second-order valence-electron chi connectivity index (χ2n) is 6.89. The number of rotatable bonds is 6. The number of hydrogen-bond donors (Lipinski definition) is 2. The van der Waals surface area contributed by atoms with Crippen molar-refractivity contribution in [2.45, 2.75) is 18.8 Å². The lowest BCUT2D eigenvalue weighted by atomic mass is 9.84. The predicted molar refractivity (Wildman–Crippen MR) is 106 cm³/mol. The second-order valence-corrected chi connectivity index (χ2v) is 6.89. The van der Waals surface area contributed by atoms with Crippen molar-refractivity contribution in [3.63, 3.8) is 0 Å². The number of aliphatic hydroxyl groups is 1. The number of halogens is 1. The fraction of sp³-hybridized carbons (Fsp3) is 0.217. The Morgan fingerprint density at radius 3 is 2.57 bits per heavy atom. The Bertz CT molecular complexity index is 972. The first-order valence-corrected chi connectivity index (χ1v) is 9.28. The standard InChI is InChI=1S/C23H22FNO3/c24-18-7-4-15(5-8-18)12-20(17-6-9-21-22(13-17)28-14-27-21)19-3-1-2-16(10-11-26)23(19)25/h1-9,13,20,26H,10-12,14,25H2. The average Bonchev–Trinajstić information content (AvgIpc) is 3.17. The van der Waals surface area contributed by atoms with Crippen molar-refractivity contribution >= 4 is 5.69 Å². The van der Waals surface area contributed by atoms with Gasteiger partial charge in [-0.15, -0.1) is 0 Å².